The number of amides is 1. The minimum atomic E-state index is -3.31. The fraction of sp³-hybridized carbons (Fsp3) is 0.818. The molecule has 8 nitrogen and oxygen atoms in total. The summed E-state index contributed by atoms with van der Waals surface area (Å²) in [7, 11) is -3.31. The molecule has 0 aromatic carbocycles. The van der Waals surface area contributed by atoms with Crippen molar-refractivity contribution in [3.8, 4) is 0 Å². The van der Waals surface area contributed by atoms with Crippen LogP contribution in [0.5, 0.6) is 0 Å². The van der Waals surface area contributed by atoms with E-state index >= 15 is 0 Å². The SMILES string of the molecule is CC(C)(C(N)=NO)N1CCN(C(=O)CS(C)(=O)=O)CC1. The average molecular weight is 306 g/mol. The third-order valence-electron chi connectivity index (χ3n) is 3.54. The van der Waals surface area contributed by atoms with Crippen molar-refractivity contribution in [1.82, 2.24) is 9.80 Å². The first-order valence-corrected chi connectivity index (χ1v) is 8.32. The molecule has 0 radical (unpaired) electrons. The number of hydrogen-bond acceptors (Lipinski definition) is 6. The Kier molecular flexibility index (Phi) is 4.98. The van der Waals surface area contributed by atoms with Crippen LogP contribution in [0, 0.1) is 0 Å². The molecule has 0 saturated carbocycles. The van der Waals surface area contributed by atoms with Crippen molar-refractivity contribution in [1.29, 1.82) is 0 Å². The van der Waals surface area contributed by atoms with Gasteiger partial charge in [0.25, 0.3) is 0 Å². The van der Waals surface area contributed by atoms with Crippen LogP contribution in [0.2, 0.25) is 0 Å². The Morgan fingerprint density at radius 3 is 2.20 bits per heavy atom. The minimum absolute atomic E-state index is 0.105. The van der Waals surface area contributed by atoms with Crippen LogP contribution < -0.4 is 5.73 Å². The molecule has 1 saturated heterocycles. The van der Waals surface area contributed by atoms with Crippen LogP contribution in [0.3, 0.4) is 0 Å². The van der Waals surface area contributed by atoms with E-state index in [1.54, 1.807) is 0 Å². The molecule has 116 valence electrons. The third kappa shape index (κ3) is 4.07. The first-order chi connectivity index (χ1) is 9.08. The summed E-state index contributed by atoms with van der Waals surface area (Å²) in [5.74, 6) is -0.737. The molecule has 0 aromatic rings. The van der Waals surface area contributed by atoms with Crippen LogP contribution in [0.4, 0.5) is 0 Å². The molecule has 0 unspecified atom stereocenters. The first kappa shape index (κ1) is 16.7. The Morgan fingerprint density at radius 2 is 1.80 bits per heavy atom. The van der Waals surface area contributed by atoms with E-state index in [0.29, 0.717) is 26.2 Å². The highest BCUT2D eigenvalue weighted by Crippen LogP contribution is 2.17. The molecule has 1 amide bonds. The van der Waals surface area contributed by atoms with Crippen molar-refractivity contribution >= 4 is 21.6 Å². The lowest BCUT2D eigenvalue weighted by atomic mass is 10.0. The Balaban J connectivity index is 2.63. The monoisotopic (exact) mass is 306 g/mol. The van der Waals surface area contributed by atoms with Gasteiger partial charge in [-0.2, -0.15) is 0 Å². The minimum Gasteiger partial charge on any atom is -0.409 e. The maximum Gasteiger partial charge on any atom is 0.237 e. The number of piperazine rings is 1. The van der Waals surface area contributed by atoms with Gasteiger partial charge in [0, 0.05) is 32.4 Å². The van der Waals surface area contributed by atoms with Crippen molar-refractivity contribution in [2.45, 2.75) is 19.4 Å². The molecule has 1 aliphatic heterocycles. The van der Waals surface area contributed by atoms with Crippen molar-refractivity contribution < 1.29 is 18.4 Å². The number of nitrogens with zero attached hydrogens (tertiary/aromatic N) is 3. The summed E-state index contributed by atoms with van der Waals surface area (Å²) < 4.78 is 22.2. The van der Waals surface area contributed by atoms with Crippen LogP contribution >= 0.6 is 0 Å². The highest BCUT2D eigenvalue weighted by atomic mass is 32.2. The van der Waals surface area contributed by atoms with E-state index in [9.17, 15) is 13.2 Å². The molecule has 0 atom stereocenters. The number of carbonyl (C=O) groups is 1. The number of amidine groups is 1. The standard InChI is InChI=1S/C11H22N4O4S/c1-11(2,10(12)13-17)15-6-4-14(5-7-15)9(16)8-20(3,18)19/h17H,4-8H2,1-3H3,(H2,12,13). The summed E-state index contributed by atoms with van der Waals surface area (Å²) in [6.07, 6.45) is 1.04. The van der Waals surface area contributed by atoms with Crippen LogP contribution in [-0.2, 0) is 14.6 Å². The highest BCUT2D eigenvalue weighted by molar-refractivity contribution is 7.91. The number of oxime groups is 1. The lowest BCUT2D eigenvalue weighted by Gasteiger charge is -2.43. The van der Waals surface area contributed by atoms with Crippen molar-refractivity contribution in [3.63, 3.8) is 0 Å². The molecule has 1 fully saturated rings. The Labute approximate surface area is 119 Å². The van der Waals surface area contributed by atoms with Gasteiger partial charge >= 0.3 is 0 Å². The largest absolute Gasteiger partial charge is 0.409 e. The maximum absolute atomic E-state index is 11.8. The van der Waals surface area contributed by atoms with Crippen LogP contribution in [0.1, 0.15) is 13.8 Å². The number of carbonyl (C=O) groups excluding carboxylic acids is 1. The number of rotatable bonds is 4. The van der Waals surface area contributed by atoms with Gasteiger partial charge in [-0.05, 0) is 13.8 Å². The zero-order chi connectivity index (χ0) is 15.6. The molecule has 0 aliphatic carbocycles. The quantitative estimate of drug-likeness (QED) is 0.289. The number of hydrogen-bond donors (Lipinski definition) is 2. The van der Waals surface area contributed by atoms with Crippen LogP contribution in [0.15, 0.2) is 5.16 Å². The van der Waals surface area contributed by atoms with E-state index in [4.69, 9.17) is 10.9 Å². The molecular formula is C11H22N4O4S. The maximum atomic E-state index is 11.8. The molecular weight excluding hydrogens is 284 g/mol. The van der Waals surface area contributed by atoms with Gasteiger partial charge < -0.3 is 15.8 Å². The Hall–Kier alpha value is -1.35. The molecule has 0 spiro atoms. The number of nitrogens with two attached hydrogens (primary N) is 1. The molecule has 20 heavy (non-hydrogen) atoms. The molecule has 1 heterocycles. The predicted octanol–water partition coefficient (Wildman–Crippen LogP) is -1.30. The molecule has 3 N–H and O–H groups in total. The van der Waals surface area contributed by atoms with Gasteiger partial charge in [-0.1, -0.05) is 5.16 Å². The van der Waals surface area contributed by atoms with Gasteiger partial charge in [0.1, 0.15) is 5.75 Å². The smallest absolute Gasteiger partial charge is 0.237 e. The summed E-state index contributed by atoms with van der Waals surface area (Å²) in [5.41, 5.74) is 5.05. The van der Waals surface area contributed by atoms with E-state index in [1.807, 2.05) is 18.7 Å². The lowest BCUT2D eigenvalue weighted by Crippen LogP contribution is -2.60. The molecule has 0 aromatic heterocycles. The fourth-order valence-corrected chi connectivity index (χ4v) is 2.75. The van der Waals surface area contributed by atoms with Gasteiger partial charge in [0.15, 0.2) is 15.7 Å². The van der Waals surface area contributed by atoms with Gasteiger partial charge in [-0.25, -0.2) is 8.42 Å². The van der Waals surface area contributed by atoms with Crippen molar-refractivity contribution in [2.75, 3.05) is 38.2 Å². The van der Waals surface area contributed by atoms with Crippen LogP contribution in [-0.4, -0.2) is 78.9 Å². The second-order valence-electron chi connectivity index (χ2n) is 5.48. The van der Waals surface area contributed by atoms with E-state index in [-0.39, 0.29) is 11.7 Å². The van der Waals surface area contributed by atoms with Gasteiger partial charge in [-0.3, -0.25) is 9.69 Å². The normalized spacial score (nSPS) is 19.1. The fourth-order valence-electron chi connectivity index (χ4n) is 2.11. The molecule has 0 bridgehead atoms. The number of sulfone groups is 1. The Morgan fingerprint density at radius 1 is 1.30 bits per heavy atom. The lowest BCUT2D eigenvalue weighted by molar-refractivity contribution is -0.130. The summed E-state index contributed by atoms with van der Waals surface area (Å²) >= 11 is 0. The summed E-state index contributed by atoms with van der Waals surface area (Å²) in [5, 5.41) is 11.8. The van der Waals surface area contributed by atoms with Gasteiger partial charge in [0.05, 0.1) is 5.54 Å². The van der Waals surface area contributed by atoms with E-state index in [2.05, 4.69) is 5.16 Å². The van der Waals surface area contributed by atoms with E-state index < -0.39 is 21.1 Å². The summed E-state index contributed by atoms with van der Waals surface area (Å²) in [6, 6.07) is 0. The van der Waals surface area contributed by atoms with Crippen LogP contribution in [0.25, 0.3) is 0 Å². The topological polar surface area (TPSA) is 116 Å². The zero-order valence-corrected chi connectivity index (χ0v) is 12.9. The second-order valence-corrected chi connectivity index (χ2v) is 7.62. The van der Waals surface area contributed by atoms with E-state index in [1.165, 1.54) is 4.90 Å². The third-order valence-corrected chi connectivity index (χ3v) is 4.31. The Bertz CT molecular complexity index is 493. The van der Waals surface area contributed by atoms with Crippen molar-refractivity contribution in [2.24, 2.45) is 10.9 Å². The second kappa shape index (κ2) is 5.96. The molecule has 1 aliphatic rings. The predicted molar refractivity (Wildman–Crippen MR) is 75.4 cm³/mol. The van der Waals surface area contributed by atoms with Gasteiger partial charge in [-0.15, -0.1) is 0 Å². The average Bonchev–Trinajstić information content (AvgIpc) is 2.35. The zero-order valence-electron chi connectivity index (χ0n) is 12.0. The summed E-state index contributed by atoms with van der Waals surface area (Å²) in [6.45, 7) is 5.59. The first-order valence-electron chi connectivity index (χ1n) is 6.26. The molecule has 1 rings (SSSR count). The summed E-state index contributed by atoms with van der Waals surface area (Å²) in [4.78, 5) is 15.3. The molecule has 9 heteroatoms. The highest BCUT2D eigenvalue weighted by Gasteiger charge is 2.34. The van der Waals surface area contributed by atoms with Crippen molar-refractivity contribution in [3.05, 3.63) is 0 Å². The van der Waals surface area contributed by atoms with E-state index in [0.717, 1.165) is 6.26 Å². The van der Waals surface area contributed by atoms with Gasteiger partial charge in [0.2, 0.25) is 5.91 Å².